The molecule has 0 bridgehead atoms. The summed E-state index contributed by atoms with van der Waals surface area (Å²) in [5.74, 6) is 0. The van der Waals surface area contributed by atoms with E-state index in [2.05, 4.69) is 9.62 Å². The van der Waals surface area contributed by atoms with Crippen molar-refractivity contribution >= 4 is 33.0 Å². The summed E-state index contributed by atoms with van der Waals surface area (Å²) in [6.07, 6.45) is 3.47. The second-order valence-corrected chi connectivity index (χ2v) is 7.98. The molecule has 0 aromatic heterocycles. The van der Waals surface area contributed by atoms with Gasteiger partial charge in [0.1, 0.15) is 11.0 Å². The van der Waals surface area contributed by atoms with Crippen LogP contribution < -0.4 is 9.62 Å². The number of nitrogens with zero attached hydrogens (tertiary/aromatic N) is 2. The Bertz CT molecular complexity index is 916. The van der Waals surface area contributed by atoms with Crippen molar-refractivity contribution < 1.29 is 8.42 Å². The Labute approximate surface area is 152 Å². The molecule has 0 amide bonds. The van der Waals surface area contributed by atoms with E-state index >= 15 is 0 Å². The molecule has 1 fully saturated rings. The minimum Gasteiger partial charge on any atom is -0.371 e. The van der Waals surface area contributed by atoms with Crippen LogP contribution in [0.25, 0.3) is 0 Å². The lowest BCUT2D eigenvalue weighted by molar-refractivity contribution is 0.578. The highest BCUT2D eigenvalue weighted by molar-refractivity contribution is 7.92. The molecular weight excluding hydrogens is 358 g/mol. The van der Waals surface area contributed by atoms with E-state index in [1.807, 2.05) is 12.1 Å². The number of nitrogens with one attached hydrogen (secondary N) is 1. The van der Waals surface area contributed by atoms with E-state index in [0.29, 0.717) is 10.7 Å². The summed E-state index contributed by atoms with van der Waals surface area (Å²) in [7, 11) is -3.90. The summed E-state index contributed by atoms with van der Waals surface area (Å²) in [5.41, 5.74) is 1.35. The molecule has 0 spiro atoms. The largest absolute Gasteiger partial charge is 0.371 e. The highest BCUT2D eigenvalue weighted by atomic mass is 35.5. The summed E-state index contributed by atoms with van der Waals surface area (Å²) >= 11 is 6.19. The van der Waals surface area contributed by atoms with E-state index in [-0.39, 0.29) is 10.5 Å². The standard InChI is InChI=1S/C18H18ClN3O2S/c19-16-9-8-15(22-10-4-1-5-11-22)12-17(16)21-25(23,24)18-7-3-2-6-14(18)13-20/h2-3,6-9,12,21H,1,4-5,10-11H2. The fraction of sp³-hybridized carbons (Fsp3) is 0.278. The van der Waals surface area contributed by atoms with Gasteiger partial charge in [-0.2, -0.15) is 5.26 Å². The second kappa shape index (κ2) is 7.34. The van der Waals surface area contributed by atoms with E-state index in [1.54, 1.807) is 24.3 Å². The van der Waals surface area contributed by atoms with Crippen molar-refractivity contribution in [1.29, 1.82) is 5.26 Å². The highest BCUT2D eigenvalue weighted by Gasteiger charge is 2.20. The maximum atomic E-state index is 12.7. The van der Waals surface area contributed by atoms with Gasteiger partial charge in [-0.1, -0.05) is 23.7 Å². The molecular formula is C18H18ClN3O2S. The van der Waals surface area contributed by atoms with Crippen LogP contribution in [0.15, 0.2) is 47.4 Å². The zero-order valence-electron chi connectivity index (χ0n) is 13.6. The molecule has 2 aromatic carbocycles. The number of sulfonamides is 1. The molecule has 1 heterocycles. The van der Waals surface area contributed by atoms with Crippen molar-refractivity contribution in [2.24, 2.45) is 0 Å². The maximum absolute atomic E-state index is 12.7. The van der Waals surface area contributed by atoms with E-state index in [9.17, 15) is 8.42 Å². The zero-order valence-corrected chi connectivity index (χ0v) is 15.1. The molecule has 5 nitrogen and oxygen atoms in total. The molecule has 3 rings (SSSR count). The maximum Gasteiger partial charge on any atom is 0.263 e. The van der Waals surface area contributed by atoms with Crippen LogP contribution in [0, 0.1) is 11.3 Å². The molecule has 2 aromatic rings. The Morgan fingerprint density at radius 2 is 1.80 bits per heavy atom. The van der Waals surface area contributed by atoms with Crippen LogP contribution in [-0.4, -0.2) is 21.5 Å². The van der Waals surface area contributed by atoms with E-state index in [4.69, 9.17) is 16.9 Å². The lowest BCUT2D eigenvalue weighted by Gasteiger charge is -2.29. The molecule has 1 aliphatic heterocycles. The molecule has 130 valence electrons. The van der Waals surface area contributed by atoms with Gasteiger partial charge in [-0.25, -0.2) is 8.42 Å². The number of benzene rings is 2. The molecule has 1 N–H and O–H groups in total. The Kier molecular flexibility index (Phi) is 5.16. The van der Waals surface area contributed by atoms with Gasteiger partial charge in [0.15, 0.2) is 0 Å². The summed E-state index contributed by atoms with van der Waals surface area (Å²) in [6, 6.07) is 13.3. The van der Waals surface area contributed by atoms with E-state index in [1.165, 1.54) is 18.6 Å². The average Bonchev–Trinajstić information content (AvgIpc) is 2.64. The summed E-state index contributed by atoms with van der Waals surface area (Å²) < 4.78 is 27.9. The van der Waals surface area contributed by atoms with Gasteiger partial charge in [-0.3, -0.25) is 4.72 Å². The van der Waals surface area contributed by atoms with Crippen LogP contribution in [0.1, 0.15) is 24.8 Å². The van der Waals surface area contributed by atoms with Crippen molar-refractivity contribution in [3.8, 4) is 6.07 Å². The minimum atomic E-state index is -3.90. The van der Waals surface area contributed by atoms with Gasteiger partial charge in [-0.05, 0) is 49.6 Å². The molecule has 7 heteroatoms. The summed E-state index contributed by atoms with van der Waals surface area (Å²) in [4.78, 5) is 2.16. The Morgan fingerprint density at radius 3 is 2.52 bits per heavy atom. The van der Waals surface area contributed by atoms with Gasteiger partial charge < -0.3 is 4.90 Å². The van der Waals surface area contributed by atoms with Crippen molar-refractivity contribution in [2.45, 2.75) is 24.2 Å². The summed E-state index contributed by atoms with van der Waals surface area (Å²) in [5, 5.41) is 9.46. The lowest BCUT2D eigenvalue weighted by atomic mass is 10.1. The topological polar surface area (TPSA) is 73.2 Å². The van der Waals surface area contributed by atoms with Crippen LogP contribution in [0.2, 0.25) is 5.02 Å². The molecule has 1 aliphatic rings. The van der Waals surface area contributed by atoms with Crippen LogP contribution in [0.3, 0.4) is 0 Å². The van der Waals surface area contributed by atoms with E-state index in [0.717, 1.165) is 31.6 Å². The van der Waals surface area contributed by atoms with Crippen LogP contribution in [0.5, 0.6) is 0 Å². The predicted octanol–water partition coefficient (Wildman–Crippen LogP) is 4.00. The monoisotopic (exact) mass is 375 g/mol. The smallest absolute Gasteiger partial charge is 0.263 e. The average molecular weight is 376 g/mol. The molecule has 25 heavy (non-hydrogen) atoms. The number of anilines is 2. The molecule has 0 unspecified atom stereocenters. The minimum absolute atomic E-state index is 0.0584. The molecule has 0 saturated carbocycles. The first-order chi connectivity index (χ1) is 12.0. The third-order valence-corrected chi connectivity index (χ3v) is 5.97. The zero-order chi connectivity index (χ0) is 17.9. The van der Waals surface area contributed by atoms with E-state index < -0.39 is 10.0 Å². The normalized spacial score (nSPS) is 14.8. The first kappa shape index (κ1) is 17.6. The lowest BCUT2D eigenvalue weighted by Crippen LogP contribution is -2.29. The first-order valence-corrected chi connectivity index (χ1v) is 9.94. The van der Waals surface area contributed by atoms with Gasteiger partial charge in [0, 0.05) is 18.8 Å². The van der Waals surface area contributed by atoms with Gasteiger partial charge in [-0.15, -0.1) is 0 Å². The quantitative estimate of drug-likeness (QED) is 0.876. The van der Waals surface area contributed by atoms with Crippen molar-refractivity contribution in [1.82, 2.24) is 0 Å². The predicted molar refractivity (Wildman–Crippen MR) is 99.5 cm³/mol. The molecule has 1 saturated heterocycles. The van der Waals surface area contributed by atoms with Crippen molar-refractivity contribution in [3.63, 3.8) is 0 Å². The number of piperidine rings is 1. The van der Waals surface area contributed by atoms with Gasteiger partial charge in [0.05, 0.1) is 16.3 Å². The van der Waals surface area contributed by atoms with Gasteiger partial charge in [0.25, 0.3) is 10.0 Å². The van der Waals surface area contributed by atoms with Gasteiger partial charge >= 0.3 is 0 Å². The SMILES string of the molecule is N#Cc1ccccc1S(=O)(=O)Nc1cc(N2CCCCC2)ccc1Cl. The third kappa shape index (κ3) is 3.89. The second-order valence-electron chi connectivity index (χ2n) is 5.93. The number of rotatable bonds is 4. The van der Waals surface area contributed by atoms with Crippen LogP contribution in [0.4, 0.5) is 11.4 Å². The Balaban J connectivity index is 1.93. The number of nitriles is 1. The number of halogens is 1. The third-order valence-electron chi connectivity index (χ3n) is 4.21. The van der Waals surface area contributed by atoms with Crippen molar-refractivity contribution in [3.05, 3.63) is 53.1 Å². The van der Waals surface area contributed by atoms with Crippen LogP contribution >= 0.6 is 11.6 Å². The first-order valence-electron chi connectivity index (χ1n) is 8.08. The number of hydrogen-bond acceptors (Lipinski definition) is 4. The van der Waals surface area contributed by atoms with Crippen LogP contribution in [-0.2, 0) is 10.0 Å². The highest BCUT2D eigenvalue weighted by Crippen LogP contribution is 2.31. The fourth-order valence-electron chi connectivity index (χ4n) is 2.93. The Morgan fingerprint density at radius 1 is 1.08 bits per heavy atom. The fourth-order valence-corrected chi connectivity index (χ4v) is 4.38. The molecule has 0 radical (unpaired) electrons. The van der Waals surface area contributed by atoms with Gasteiger partial charge in [0.2, 0.25) is 0 Å². The number of hydrogen-bond donors (Lipinski definition) is 1. The molecule has 0 atom stereocenters. The molecule has 0 aliphatic carbocycles. The van der Waals surface area contributed by atoms with Crippen molar-refractivity contribution in [2.75, 3.05) is 22.7 Å². The summed E-state index contributed by atoms with van der Waals surface area (Å²) in [6.45, 7) is 1.90. The Hall–Kier alpha value is -2.23.